The number of rotatable bonds is 3. The van der Waals surface area contributed by atoms with Gasteiger partial charge in [-0.2, -0.15) is 0 Å². The van der Waals surface area contributed by atoms with Crippen LogP contribution in [0.25, 0.3) is 0 Å². The molecule has 0 radical (unpaired) electrons. The van der Waals surface area contributed by atoms with Crippen LogP contribution in [-0.2, 0) is 9.59 Å². The molecule has 2 aliphatic carbocycles. The summed E-state index contributed by atoms with van der Waals surface area (Å²) in [6.07, 6.45) is 0.746. The molecule has 6 atom stereocenters. The number of amides is 1. The number of carboxylic acid groups (broad SMARTS) is 1. The molecule has 2 aliphatic rings. The highest BCUT2D eigenvalue weighted by atomic mass is 79.9. The van der Waals surface area contributed by atoms with Crippen molar-refractivity contribution in [2.75, 3.05) is 5.32 Å². The van der Waals surface area contributed by atoms with E-state index in [1.165, 1.54) is 0 Å². The topological polar surface area (TPSA) is 66.4 Å². The molecule has 0 unspecified atom stereocenters. The third-order valence-corrected chi connectivity index (χ3v) is 8.10. The second-order valence-electron chi connectivity index (χ2n) is 5.84. The van der Waals surface area contributed by atoms with Crippen molar-refractivity contribution < 1.29 is 14.7 Å². The Morgan fingerprint density at radius 2 is 1.82 bits per heavy atom. The standard InChI is InChI=1S/C15H14Br2ClNO3/c16-12-8-5-9(13(12)17)11(15(21)22)10(8)14(20)19-7-3-1-2-6(18)4-7/h1-4,8-13H,5H2,(H,19,20)(H,21,22)/t8-,9-,10+,11-,12+,13-/m0/s1. The molecule has 2 fully saturated rings. The number of halogens is 3. The summed E-state index contributed by atoms with van der Waals surface area (Å²) in [6, 6.07) is 6.86. The highest BCUT2D eigenvalue weighted by molar-refractivity contribution is 9.12. The fourth-order valence-electron chi connectivity index (χ4n) is 3.75. The summed E-state index contributed by atoms with van der Waals surface area (Å²) in [5.74, 6) is -2.33. The van der Waals surface area contributed by atoms with Gasteiger partial charge in [0.2, 0.25) is 5.91 Å². The van der Waals surface area contributed by atoms with Crippen molar-refractivity contribution in [2.45, 2.75) is 16.1 Å². The summed E-state index contributed by atoms with van der Waals surface area (Å²) < 4.78 is 0. The van der Waals surface area contributed by atoms with E-state index in [4.69, 9.17) is 11.6 Å². The molecule has 0 saturated heterocycles. The van der Waals surface area contributed by atoms with E-state index in [0.29, 0.717) is 10.7 Å². The van der Waals surface area contributed by atoms with Crippen LogP contribution in [0.2, 0.25) is 5.02 Å². The molecule has 1 aromatic rings. The Balaban J connectivity index is 1.83. The Bertz CT molecular complexity index is 627. The van der Waals surface area contributed by atoms with Crippen LogP contribution >= 0.6 is 43.5 Å². The molecule has 3 rings (SSSR count). The number of benzene rings is 1. The van der Waals surface area contributed by atoms with E-state index in [1.807, 2.05) is 0 Å². The van der Waals surface area contributed by atoms with Gasteiger partial charge in [0.1, 0.15) is 0 Å². The van der Waals surface area contributed by atoms with Crippen LogP contribution in [0.4, 0.5) is 5.69 Å². The number of hydrogen-bond donors (Lipinski definition) is 2. The maximum Gasteiger partial charge on any atom is 0.307 e. The van der Waals surface area contributed by atoms with Crippen molar-refractivity contribution in [3.8, 4) is 0 Å². The van der Waals surface area contributed by atoms with Crippen LogP contribution in [0, 0.1) is 23.7 Å². The van der Waals surface area contributed by atoms with E-state index in [9.17, 15) is 14.7 Å². The molecular formula is C15H14Br2ClNO3. The minimum absolute atomic E-state index is 0.0228. The van der Waals surface area contributed by atoms with Crippen LogP contribution < -0.4 is 5.32 Å². The average molecular weight is 452 g/mol. The average Bonchev–Trinajstić information content (AvgIpc) is 2.97. The first-order valence-corrected chi connectivity index (χ1v) is 9.18. The van der Waals surface area contributed by atoms with Gasteiger partial charge in [0, 0.05) is 20.4 Å². The summed E-state index contributed by atoms with van der Waals surface area (Å²) >= 11 is 13.1. The molecule has 118 valence electrons. The van der Waals surface area contributed by atoms with Crippen LogP contribution in [0.3, 0.4) is 0 Å². The predicted molar refractivity (Wildman–Crippen MR) is 91.7 cm³/mol. The fourth-order valence-corrected chi connectivity index (χ4v) is 5.82. The lowest BCUT2D eigenvalue weighted by Crippen LogP contribution is -2.45. The Kier molecular flexibility index (Phi) is 4.54. The maximum atomic E-state index is 12.6. The molecule has 0 aromatic heterocycles. The molecule has 2 saturated carbocycles. The first kappa shape index (κ1) is 16.3. The van der Waals surface area contributed by atoms with Crippen LogP contribution in [-0.4, -0.2) is 26.6 Å². The Hall–Kier alpha value is -0.590. The molecule has 0 heterocycles. The first-order chi connectivity index (χ1) is 10.4. The van der Waals surface area contributed by atoms with E-state index in [0.717, 1.165) is 6.42 Å². The van der Waals surface area contributed by atoms with Crippen molar-refractivity contribution in [2.24, 2.45) is 23.7 Å². The molecule has 0 aliphatic heterocycles. The van der Waals surface area contributed by atoms with E-state index >= 15 is 0 Å². The number of nitrogens with one attached hydrogen (secondary N) is 1. The van der Waals surface area contributed by atoms with Gasteiger partial charge in [-0.3, -0.25) is 9.59 Å². The minimum Gasteiger partial charge on any atom is -0.481 e. The second kappa shape index (κ2) is 6.13. The van der Waals surface area contributed by atoms with Crippen molar-refractivity contribution in [3.05, 3.63) is 29.3 Å². The zero-order valence-electron chi connectivity index (χ0n) is 11.4. The monoisotopic (exact) mass is 449 g/mol. The molecule has 2 N–H and O–H groups in total. The number of carboxylic acids is 1. The molecule has 4 nitrogen and oxygen atoms in total. The number of anilines is 1. The van der Waals surface area contributed by atoms with E-state index in [2.05, 4.69) is 37.2 Å². The van der Waals surface area contributed by atoms with Crippen molar-refractivity contribution in [1.29, 1.82) is 0 Å². The highest BCUT2D eigenvalue weighted by Crippen LogP contribution is 2.57. The van der Waals surface area contributed by atoms with Crippen molar-refractivity contribution >= 4 is 61.0 Å². The minimum atomic E-state index is -0.900. The lowest BCUT2D eigenvalue weighted by molar-refractivity contribution is -0.148. The quantitative estimate of drug-likeness (QED) is 0.688. The van der Waals surface area contributed by atoms with Gasteiger partial charge in [-0.25, -0.2) is 0 Å². The van der Waals surface area contributed by atoms with Gasteiger partial charge < -0.3 is 10.4 Å². The summed E-state index contributed by atoms with van der Waals surface area (Å²) in [6.45, 7) is 0. The third kappa shape index (κ3) is 2.69. The van der Waals surface area contributed by atoms with Crippen molar-refractivity contribution in [1.82, 2.24) is 0 Å². The smallest absolute Gasteiger partial charge is 0.307 e. The molecule has 22 heavy (non-hydrogen) atoms. The zero-order chi connectivity index (χ0) is 16.0. The lowest BCUT2D eigenvalue weighted by Gasteiger charge is -2.33. The number of alkyl halides is 2. The normalized spacial score (nSPS) is 36.3. The Labute approximate surface area is 149 Å². The largest absolute Gasteiger partial charge is 0.481 e. The van der Waals surface area contributed by atoms with Crippen LogP contribution in [0.5, 0.6) is 0 Å². The zero-order valence-corrected chi connectivity index (χ0v) is 15.3. The number of aliphatic carboxylic acids is 1. The lowest BCUT2D eigenvalue weighted by atomic mass is 9.78. The highest BCUT2D eigenvalue weighted by Gasteiger charge is 2.61. The Morgan fingerprint density at radius 3 is 2.41 bits per heavy atom. The van der Waals surface area contributed by atoms with E-state index in [-0.39, 0.29) is 27.4 Å². The van der Waals surface area contributed by atoms with Crippen LogP contribution in [0.1, 0.15) is 6.42 Å². The van der Waals surface area contributed by atoms with Gasteiger partial charge in [0.15, 0.2) is 0 Å². The van der Waals surface area contributed by atoms with Gasteiger partial charge in [0.25, 0.3) is 0 Å². The fraction of sp³-hybridized carbons (Fsp3) is 0.467. The van der Waals surface area contributed by atoms with Crippen LogP contribution in [0.15, 0.2) is 24.3 Å². The maximum absolute atomic E-state index is 12.6. The summed E-state index contributed by atoms with van der Waals surface area (Å²) in [5.41, 5.74) is 0.589. The first-order valence-electron chi connectivity index (χ1n) is 6.97. The second-order valence-corrected chi connectivity index (χ2v) is 8.39. The van der Waals surface area contributed by atoms with Gasteiger partial charge >= 0.3 is 5.97 Å². The summed E-state index contributed by atoms with van der Waals surface area (Å²) in [4.78, 5) is 24.5. The molecule has 2 bridgehead atoms. The number of carbonyl (C=O) groups is 2. The Morgan fingerprint density at radius 1 is 1.18 bits per heavy atom. The van der Waals surface area contributed by atoms with Gasteiger partial charge in [-0.1, -0.05) is 49.5 Å². The number of carbonyl (C=O) groups excluding carboxylic acids is 1. The molecule has 0 spiro atoms. The molecular weight excluding hydrogens is 437 g/mol. The number of fused-ring (bicyclic) bond motifs is 2. The van der Waals surface area contributed by atoms with Gasteiger partial charge in [0.05, 0.1) is 11.8 Å². The molecule has 1 aromatic carbocycles. The summed E-state index contributed by atoms with van der Waals surface area (Å²) in [7, 11) is 0. The predicted octanol–water partition coefficient (Wildman–Crippen LogP) is 3.77. The van der Waals surface area contributed by atoms with Crippen molar-refractivity contribution in [3.63, 3.8) is 0 Å². The van der Waals surface area contributed by atoms with E-state index < -0.39 is 17.8 Å². The number of hydrogen-bond acceptors (Lipinski definition) is 2. The summed E-state index contributed by atoms with van der Waals surface area (Å²) in [5, 5.41) is 12.9. The molecule has 1 amide bonds. The SMILES string of the molecule is O=C(Nc1cccc(Cl)c1)[C@@H]1[C@@H]2C[C@H]([C@H](Br)[C@@H]2Br)[C@@H]1C(=O)O. The van der Waals surface area contributed by atoms with Gasteiger partial charge in [-0.05, 0) is 36.5 Å². The van der Waals surface area contributed by atoms with E-state index in [1.54, 1.807) is 24.3 Å². The molecule has 7 heteroatoms. The van der Waals surface area contributed by atoms with Gasteiger partial charge in [-0.15, -0.1) is 0 Å². The third-order valence-electron chi connectivity index (χ3n) is 4.66.